The summed E-state index contributed by atoms with van der Waals surface area (Å²) < 4.78 is 13.0. The number of carbonyl (C=O) groups is 6. The van der Waals surface area contributed by atoms with Crippen molar-refractivity contribution < 1.29 is 53.7 Å². The Hall–Kier alpha value is -5.05. The fourth-order valence-electron chi connectivity index (χ4n) is 3.51. The number of benzene rings is 2. The van der Waals surface area contributed by atoms with Gasteiger partial charge in [0.25, 0.3) is 11.8 Å². The van der Waals surface area contributed by atoms with E-state index < -0.39 is 66.5 Å². The average molecular weight is 577 g/mol. The van der Waals surface area contributed by atoms with Crippen LogP contribution in [-0.4, -0.2) is 80.0 Å². The van der Waals surface area contributed by atoms with E-state index in [0.29, 0.717) is 5.69 Å². The lowest BCUT2D eigenvalue weighted by atomic mass is 10.1. The SMILES string of the molecule is O=C(O)CCC(NC(=O)N(O)C(CCCCNC(=O)c1ccc(NC(=O)c2ccc(F)cc2)cc1)C(=O)O)C(=O)O. The minimum Gasteiger partial charge on any atom is -0.481 e. The molecule has 0 saturated carbocycles. The van der Waals surface area contributed by atoms with Gasteiger partial charge in [-0.05, 0) is 74.2 Å². The maximum absolute atomic E-state index is 13.0. The minimum atomic E-state index is -1.72. The van der Waals surface area contributed by atoms with Crippen LogP contribution < -0.4 is 16.0 Å². The number of aliphatic carboxylic acids is 3. The van der Waals surface area contributed by atoms with E-state index in [1.54, 1.807) is 0 Å². The molecule has 4 amide bonds. The molecular weight excluding hydrogens is 547 g/mol. The first-order valence-electron chi connectivity index (χ1n) is 12.3. The smallest absolute Gasteiger partial charge is 0.342 e. The zero-order valence-corrected chi connectivity index (χ0v) is 21.6. The highest BCUT2D eigenvalue weighted by atomic mass is 19.1. The summed E-state index contributed by atoms with van der Waals surface area (Å²) in [4.78, 5) is 70.1. The van der Waals surface area contributed by atoms with E-state index in [9.17, 15) is 43.5 Å². The molecule has 41 heavy (non-hydrogen) atoms. The number of unbranched alkanes of at least 4 members (excludes halogenated alkanes) is 1. The number of anilines is 1. The second-order valence-corrected chi connectivity index (χ2v) is 8.76. The minimum absolute atomic E-state index is 0.127. The van der Waals surface area contributed by atoms with Crippen molar-refractivity contribution in [1.29, 1.82) is 0 Å². The van der Waals surface area contributed by atoms with E-state index in [1.807, 2.05) is 5.32 Å². The second kappa shape index (κ2) is 15.5. The molecular formula is C26H29FN4O10. The highest BCUT2D eigenvalue weighted by Crippen LogP contribution is 2.13. The van der Waals surface area contributed by atoms with Gasteiger partial charge in [0.2, 0.25) is 0 Å². The number of hydrogen-bond acceptors (Lipinski definition) is 7. The largest absolute Gasteiger partial charge is 0.481 e. The number of nitrogens with one attached hydrogen (secondary N) is 3. The van der Waals surface area contributed by atoms with Crippen molar-refractivity contribution in [2.75, 3.05) is 11.9 Å². The Bertz CT molecular complexity index is 1250. The van der Waals surface area contributed by atoms with E-state index in [1.165, 1.54) is 36.4 Å². The Morgan fingerprint density at radius 3 is 1.93 bits per heavy atom. The van der Waals surface area contributed by atoms with Gasteiger partial charge in [-0.2, -0.15) is 5.06 Å². The molecule has 2 aromatic carbocycles. The molecule has 14 nitrogen and oxygen atoms in total. The number of hydrogen-bond donors (Lipinski definition) is 7. The van der Waals surface area contributed by atoms with Crippen LogP contribution in [0.3, 0.4) is 0 Å². The summed E-state index contributed by atoms with van der Waals surface area (Å²) in [5.41, 5.74) is 0.940. The van der Waals surface area contributed by atoms with Crippen molar-refractivity contribution in [2.45, 2.75) is 44.2 Å². The van der Waals surface area contributed by atoms with Gasteiger partial charge < -0.3 is 31.3 Å². The number of urea groups is 1. The number of nitrogens with zero attached hydrogens (tertiary/aromatic N) is 1. The Morgan fingerprint density at radius 1 is 0.780 bits per heavy atom. The second-order valence-electron chi connectivity index (χ2n) is 8.76. The molecule has 0 aliphatic carbocycles. The summed E-state index contributed by atoms with van der Waals surface area (Å²) in [5, 5.41) is 44.2. The number of carboxylic acid groups (broad SMARTS) is 3. The number of hydroxylamine groups is 2. The predicted molar refractivity (Wildman–Crippen MR) is 139 cm³/mol. The first-order valence-corrected chi connectivity index (χ1v) is 12.3. The number of rotatable bonds is 15. The van der Waals surface area contributed by atoms with Crippen molar-refractivity contribution in [3.63, 3.8) is 0 Å². The summed E-state index contributed by atoms with van der Waals surface area (Å²) in [7, 11) is 0. The number of halogens is 1. The highest BCUT2D eigenvalue weighted by Gasteiger charge is 2.31. The van der Waals surface area contributed by atoms with Crippen LogP contribution in [0.5, 0.6) is 0 Å². The summed E-state index contributed by atoms with van der Waals surface area (Å²) in [6.45, 7) is 0.127. The third-order valence-electron chi connectivity index (χ3n) is 5.73. The van der Waals surface area contributed by atoms with Crippen LogP contribution in [0, 0.1) is 5.82 Å². The fourth-order valence-corrected chi connectivity index (χ4v) is 3.51. The van der Waals surface area contributed by atoms with Crippen LogP contribution >= 0.6 is 0 Å². The number of amides is 4. The summed E-state index contributed by atoms with van der Waals surface area (Å²) >= 11 is 0. The quantitative estimate of drug-likeness (QED) is 0.0929. The molecule has 7 N–H and O–H groups in total. The van der Waals surface area contributed by atoms with Crippen LogP contribution in [0.4, 0.5) is 14.9 Å². The lowest BCUT2D eigenvalue weighted by molar-refractivity contribution is -0.157. The molecule has 0 aliphatic rings. The molecule has 0 aliphatic heterocycles. The van der Waals surface area contributed by atoms with Gasteiger partial charge in [0.15, 0.2) is 6.04 Å². The van der Waals surface area contributed by atoms with E-state index in [4.69, 9.17) is 10.2 Å². The topological polar surface area (TPSA) is 223 Å². The summed E-state index contributed by atoms with van der Waals surface area (Å²) in [6, 6.07) is 6.14. The molecule has 2 aromatic rings. The standard InChI is InChI=1S/C26H29FN4O10/c27-17-8-4-16(5-9-17)23(35)29-18-10-6-15(7-11-18)22(34)28-14-2-1-3-20(25(38)39)31(41)26(40)30-19(24(36)37)12-13-21(32)33/h4-11,19-20,41H,1-3,12-14H2,(H,28,34)(H,29,35)(H,30,40)(H,32,33)(H,36,37)(H,38,39). The first-order chi connectivity index (χ1) is 19.4. The number of carbonyl (C=O) groups excluding carboxylic acids is 3. The number of carboxylic acids is 3. The van der Waals surface area contributed by atoms with Gasteiger partial charge >= 0.3 is 23.9 Å². The summed E-state index contributed by atoms with van der Waals surface area (Å²) in [5.74, 6) is -5.79. The normalized spacial score (nSPS) is 12.0. The zero-order valence-electron chi connectivity index (χ0n) is 21.6. The van der Waals surface area contributed by atoms with Gasteiger partial charge in [-0.3, -0.25) is 19.6 Å². The first kappa shape index (κ1) is 32.2. The van der Waals surface area contributed by atoms with Crippen LogP contribution in [0.1, 0.15) is 52.8 Å². The predicted octanol–water partition coefficient (Wildman–Crippen LogP) is 2.15. The molecule has 0 heterocycles. The molecule has 0 bridgehead atoms. The lowest BCUT2D eigenvalue weighted by Gasteiger charge is -2.24. The third-order valence-corrected chi connectivity index (χ3v) is 5.73. The zero-order chi connectivity index (χ0) is 30.5. The van der Waals surface area contributed by atoms with Crippen LogP contribution in [0.25, 0.3) is 0 Å². The molecule has 0 fully saturated rings. The van der Waals surface area contributed by atoms with Gasteiger partial charge in [-0.15, -0.1) is 0 Å². The lowest BCUT2D eigenvalue weighted by Crippen LogP contribution is -2.52. The molecule has 0 saturated heterocycles. The van der Waals surface area contributed by atoms with Crippen LogP contribution in [-0.2, 0) is 14.4 Å². The maximum atomic E-state index is 13.0. The van der Waals surface area contributed by atoms with Crippen molar-refractivity contribution in [2.24, 2.45) is 0 Å². The molecule has 0 radical (unpaired) electrons. The van der Waals surface area contributed by atoms with Crippen LogP contribution in [0.2, 0.25) is 0 Å². The van der Waals surface area contributed by atoms with E-state index in [2.05, 4.69) is 10.6 Å². The van der Waals surface area contributed by atoms with Gasteiger partial charge in [-0.1, -0.05) is 0 Å². The molecule has 15 heteroatoms. The van der Waals surface area contributed by atoms with Gasteiger partial charge in [-0.25, -0.2) is 18.8 Å². The van der Waals surface area contributed by atoms with E-state index >= 15 is 0 Å². The fraction of sp³-hybridized carbons (Fsp3) is 0.308. The van der Waals surface area contributed by atoms with Crippen molar-refractivity contribution >= 4 is 41.4 Å². The molecule has 0 spiro atoms. The maximum Gasteiger partial charge on any atom is 0.342 e. The van der Waals surface area contributed by atoms with Gasteiger partial charge in [0, 0.05) is 29.8 Å². The Kier molecular flexibility index (Phi) is 12.2. The molecule has 2 unspecified atom stereocenters. The monoisotopic (exact) mass is 576 g/mol. The van der Waals surface area contributed by atoms with E-state index in [-0.39, 0.29) is 42.0 Å². The Balaban J connectivity index is 1.79. The van der Waals surface area contributed by atoms with Gasteiger partial charge in [0.05, 0.1) is 0 Å². The average Bonchev–Trinajstić information content (AvgIpc) is 2.92. The van der Waals surface area contributed by atoms with Crippen molar-refractivity contribution in [1.82, 2.24) is 15.7 Å². The van der Waals surface area contributed by atoms with Crippen LogP contribution in [0.15, 0.2) is 48.5 Å². The molecule has 2 atom stereocenters. The Morgan fingerprint density at radius 2 is 1.37 bits per heavy atom. The van der Waals surface area contributed by atoms with E-state index in [0.717, 1.165) is 12.1 Å². The van der Waals surface area contributed by atoms with Crippen molar-refractivity contribution in [3.05, 3.63) is 65.5 Å². The summed E-state index contributed by atoms with van der Waals surface area (Å²) in [6.07, 6.45) is -0.862. The molecule has 2 rings (SSSR count). The molecule has 220 valence electrons. The van der Waals surface area contributed by atoms with Crippen molar-refractivity contribution in [3.8, 4) is 0 Å². The molecule has 0 aromatic heterocycles. The van der Waals surface area contributed by atoms with Gasteiger partial charge in [0.1, 0.15) is 11.9 Å². The highest BCUT2D eigenvalue weighted by molar-refractivity contribution is 6.04. The Labute approximate surface area is 232 Å². The third kappa shape index (κ3) is 10.6.